The summed E-state index contributed by atoms with van der Waals surface area (Å²) in [5.74, 6) is 2.68. The topological polar surface area (TPSA) is 95.3 Å². The van der Waals surface area contributed by atoms with Gasteiger partial charge in [-0.25, -0.2) is 4.98 Å². The maximum Gasteiger partial charge on any atom is 0.147 e. The first kappa shape index (κ1) is 22.1. The molecule has 0 radical (unpaired) electrons. The van der Waals surface area contributed by atoms with Gasteiger partial charge in [-0.15, -0.1) is 11.3 Å². The lowest BCUT2D eigenvalue weighted by Crippen LogP contribution is -2.19. The highest BCUT2D eigenvalue weighted by atomic mass is 32.1. The summed E-state index contributed by atoms with van der Waals surface area (Å²) in [6.07, 6.45) is 4.53. The van der Waals surface area contributed by atoms with E-state index in [1.165, 1.54) is 0 Å². The minimum Gasteiger partial charge on any atom is -0.497 e. The first-order chi connectivity index (χ1) is 15.7. The molecular weight excluding hydrogens is 424 g/mol. The van der Waals surface area contributed by atoms with Crippen LogP contribution in [0.25, 0.3) is 21.3 Å². The lowest BCUT2D eigenvalue weighted by atomic mass is 9.97. The van der Waals surface area contributed by atoms with Crippen molar-refractivity contribution in [3.05, 3.63) is 53.3 Å². The van der Waals surface area contributed by atoms with Gasteiger partial charge < -0.3 is 19.9 Å². The number of aromatic amines is 1. The molecule has 1 unspecified atom stereocenters. The molecule has 8 heteroatoms. The van der Waals surface area contributed by atoms with Gasteiger partial charge in [0.1, 0.15) is 34.4 Å². The van der Waals surface area contributed by atoms with Gasteiger partial charge in [0, 0.05) is 24.2 Å². The predicted octanol–water partition coefficient (Wildman–Crippen LogP) is 4.78. The summed E-state index contributed by atoms with van der Waals surface area (Å²) in [6, 6.07) is 10.1. The molecular formula is C24H28N4O3S. The summed E-state index contributed by atoms with van der Waals surface area (Å²) in [5, 5.41) is 7.97. The summed E-state index contributed by atoms with van der Waals surface area (Å²) < 4.78 is 18.4. The minimum absolute atomic E-state index is 0.182. The van der Waals surface area contributed by atoms with E-state index >= 15 is 0 Å². The van der Waals surface area contributed by atoms with Crippen LogP contribution >= 0.6 is 11.3 Å². The predicted molar refractivity (Wildman–Crippen MR) is 128 cm³/mol. The van der Waals surface area contributed by atoms with Gasteiger partial charge in [0.25, 0.3) is 0 Å². The van der Waals surface area contributed by atoms with E-state index in [1.54, 1.807) is 24.6 Å². The monoisotopic (exact) mass is 452 g/mol. The Morgan fingerprint density at radius 1 is 1.22 bits per heavy atom. The first-order valence-electron chi connectivity index (χ1n) is 10.8. The fourth-order valence-corrected chi connectivity index (χ4v) is 4.81. The third kappa shape index (κ3) is 4.42. The Morgan fingerprint density at radius 2 is 2.09 bits per heavy atom. The number of hydrogen-bond acceptors (Lipinski definition) is 7. The van der Waals surface area contributed by atoms with Crippen LogP contribution in [0.1, 0.15) is 30.3 Å². The van der Waals surface area contributed by atoms with Crippen molar-refractivity contribution >= 4 is 21.6 Å². The Labute approximate surface area is 191 Å². The molecule has 168 valence electrons. The number of nitrogens with zero attached hydrogens (tertiary/aromatic N) is 2. The van der Waals surface area contributed by atoms with Crippen molar-refractivity contribution in [3.8, 4) is 28.4 Å². The molecule has 4 aromatic rings. The third-order valence-corrected chi connectivity index (χ3v) is 6.37. The molecule has 5 rings (SSSR count). The molecule has 0 spiro atoms. The molecule has 1 aliphatic rings. The molecule has 3 N–H and O–H groups in total. The Hall–Kier alpha value is -3.10. The zero-order valence-corrected chi connectivity index (χ0v) is 19.4. The van der Waals surface area contributed by atoms with Crippen LogP contribution in [0, 0.1) is 0 Å². The third-order valence-electron chi connectivity index (χ3n) is 5.21. The zero-order valence-electron chi connectivity index (χ0n) is 18.6. The van der Waals surface area contributed by atoms with E-state index in [2.05, 4.69) is 16.3 Å². The largest absolute Gasteiger partial charge is 0.497 e. The molecule has 1 atom stereocenters. The van der Waals surface area contributed by atoms with Crippen LogP contribution in [0.4, 0.5) is 0 Å². The van der Waals surface area contributed by atoms with E-state index in [0.29, 0.717) is 19.8 Å². The number of rotatable bonds is 6. The standard InChI is InChI=1S/C22H22N4O3S.C2H6/c1-27-17-2-3-18-14(7-17)6-15(12-29-18)22-26-21-19(28-5-4-23)8-13(9-20(21)30-22)16-10-24-25-11-16;1-2/h2-3,7-11,15H,4-6,12,23H2,1H3,(H,24,25);1-2H3. The van der Waals surface area contributed by atoms with Gasteiger partial charge >= 0.3 is 0 Å². The smallest absolute Gasteiger partial charge is 0.147 e. The van der Waals surface area contributed by atoms with Gasteiger partial charge in [-0.2, -0.15) is 5.10 Å². The normalized spacial score (nSPS) is 14.8. The van der Waals surface area contributed by atoms with Crippen LogP contribution < -0.4 is 19.9 Å². The Balaban J connectivity index is 0.00000119. The number of ether oxygens (including phenoxy) is 3. The molecule has 0 bridgehead atoms. The SMILES string of the molecule is CC.COc1ccc2c(c1)CC(c1nc3c(OCCN)cc(-c4cn[nH]c4)cc3s1)CO2. The quantitative estimate of drug-likeness (QED) is 0.437. The lowest BCUT2D eigenvalue weighted by Gasteiger charge is -2.24. The number of hydrogen-bond donors (Lipinski definition) is 2. The Bertz CT molecular complexity index is 1170. The first-order valence-corrected chi connectivity index (χ1v) is 11.6. The van der Waals surface area contributed by atoms with Crippen LogP contribution in [-0.2, 0) is 6.42 Å². The minimum atomic E-state index is 0.182. The maximum absolute atomic E-state index is 6.01. The number of aromatic nitrogens is 3. The van der Waals surface area contributed by atoms with Gasteiger partial charge in [-0.1, -0.05) is 13.8 Å². The van der Waals surface area contributed by atoms with Crippen LogP contribution in [0.5, 0.6) is 17.2 Å². The van der Waals surface area contributed by atoms with Gasteiger partial charge in [0.2, 0.25) is 0 Å². The van der Waals surface area contributed by atoms with Gasteiger partial charge in [0.15, 0.2) is 0 Å². The van der Waals surface area contributed by atoms with Gasteiger partial charge in [-0.3, -0.25) is 5.10 Å². The molecule has 1 aliphatic heterocycles. The van der Waals surface area contributed by atoms with E-state index in [4.69, 9.17) is 24.9 Å². The molecule has 0 aliphatic carbocycles. The molecule has 32 heavy (non-hydrogen) atoms. The average molecular weight is 453 g/mol. The second-order valence-corrected chi connectivity index (χ2v) is 8.25. The van der Waals surface area contributed by atoms with Crippen molar-refractivity contribution in [2.24, 2.45) is 5.73 Å². The zero-order chi connectivity index (χ0) is 22.5. The molecule has 0 fully saturated rings. The van der Waals surface area contributed by atoms with Crippen LogP contribution in [0.15, 0.2) is 42.7 Å². The summed E-state index contributed by atoms with van der Waals surface area (Å²) in [5.41, 5.74) is 9.71. The number of thiazole rings is 1. The van der Waals surface area contributed by atoms with Gasteiger partial charge in [0.05, 0.1) is 24.6 Å². The number of nitrogens with one attached hydrogen (secondary N) is 1. The van der Waals surface area contributed by atoms with E-state index < -0.39 is 0 Å². The molecule has 2 aromatic heterocycles. The second-order valence-electron chi connectivity index (χ2n) is 7.18. The fraction of sp³-hybridized carbons (Fsp3) is 0.333. The number of fused-ring (bicyclic) bond motifs is 2. The highest BCUT2D eigenvalue weighted by molar-refractivity contribution is 7.18. The highest BCUT2D eigenvalue weighted by Crippen LogP contribution is 2.40. The maximum atomic E-state index is 6.01. The Morgan fingerprint density at radius 3 is 2.84 bits per heavy atom. The van der Waals surface area contributed by atoms with Crippen molar-refractivity contribution in [3.63, 3.8) is 0 Å². The fourth-order valence-electron chi connectivity index (χ4n) is 3.70. The number of nitrogens with two attached hydrogens (primary N) is 1. The van der Waals surface area contributed by atoms with Crippen molar-refractivity contribution in [1.82, 2.24) is 15.2 Å². The van der Waals surface area contributed by atoms with Crippen LogP contribution in [0.2, 0.25) is 0 Å². The van der Waals surface area contributed by atoms with Gasteiger partial charge in [-0.05, 0) is 47.9 Å². The summed E-state index contributed by atoms with van der Waals surface area (Å²) in [4.78, 5) is 4.95. The van der Waals surface area contributed by atoms with Crippen molar-refractivity contribution < 1.29 is 14.2 Å². The summed E-state index contributed by atoms with van der Waals surface area (Å²) >= 11 is 1.68. The number of H-pyrrole nitrogens is 1. The van der Waals surface area contributed by atoms with Crippen molar-refractivity contribution in [2.75, 3.05) is 26.9 Å². The van der Waals surface area contributed by atoms with Crippen LogP contribution in [-0.4, -0.2) is 42.0 Å². The number of methoxy groups -OCH3 is 1. The van der Waals surface area contributed by atoms with E-state index in [1.807, 2.05) is 44.3 Å². The average Bonchev–Trinajstić information content (AvgIpc) is 3.53. The van der Waals surface area contributed by atoms with E-state index in [9.17, 15) is 0 Å². The lowest BCUT2D eigenvalue weighted by molar-refractivity contribution is 0.261. The molecule has 2 aromatic carbocycles. The van der Waals surface area contributed by atoms with E-state index in [0.717, 1.165) is 55.6 Å². The summed E-state index contributed by atoms with van der Waals surface area (Å²) in [6.45, 7) is 5.49. The highest BCUT2D eigenvalue weighted by Gasteiger charge is 2.26. The van der Waals surface area contributed by atoms with E-state index in [-0.39, 0.29) is 5.92 Å². The van der Waals surface area contributed by atoms with Crippen molar-refractivity contribution in [1.29, 1.82) is 0 Å². The molecule has 3 heterocycles. The second kappa shape index (κ2) is 10.0. The molecule has 0 saturated heterocycles. The summed E-state index contributed by atoms with van der Waals surface area (Å²) in [7, 11) is 1.68. The molecule has 7 nitrogen and oxygen atoms in total. The molecule has 0 amide bonds. The number of benzene rings is 2. The van der Waals surface area contributed by atoms with Crippen LogP contribution in [0.3, 0.4) is 0 Å². The Kier molecular flexibility index (Phi) is 6.92. The molecule has 0 saturated carbocycles. The van der Waals surface area contributed by atoms with Crippen molar-refractivity contribution in [2.45, 2.75) is 26.2 Å².